The lowest BCUT2D eigenvalue weighted by atomic mass is 9.98. The van der Waals surface area contributed by atoms with Gasteiger partial charge in [-0.05, 0) is 36.8 Å². The highest BCUT2D eigenvalue weighted by Crippen LogP contribution is 2.40. The van der Waals surface area contributed by atoms with Crippen LogP contribution >= 0.6 is 11.6 Å². The topological polar surface area (TPSA) is 82.0 Å². The molecule has 28 heavy (non-hydrogen) atoms. The van der Waals surface area contributed by atoms with E-state index in [4.69, 9.17) is 16.3 Å². The van der Waals surface area contributed by atoms with Gasteiger partial charge < -0.3 is 25.2 Å². The molecule has 2 aliphatic rings. The number of carbonyl (C=O) groups is 1. The van der Waals surface area contributed by atoms with Crippen LogP contribution in [0.15, 0.2) is 42.2 Å². The third-order valence-electron chi connectivity index (χ3n) is 5.30. The van der Waals surface area contributed by atoms with Gasteiger partial charge in [0.05, 0.1) is 22.4 Å². The standard InChI is InChI=1S/C21H21ClN2O4/c1-11(25)20-15-7-14(16(22)8-17(15)23-21(20)27)12-3-5-13(6-4-12)24-9-18(26)19(10-24)28-2/h3-8,18-19,25-26H,9-10H2,1-2H3,(H,23,27)/b20-11+/t18-,19-/m0/s1. The molecule has 0 saturated carbocycles. The fraction of sp³-hybridized carbons (Fsp3) is 0.286. The smallest absolute Gasteiger partial charge is 0.259 e. The maximum atomic E-state index is 12.1. The molecule has 0 unspecified atom stereocenters. The molecule has 2 aliphatic heterocycles. The number of rotatable bonds is 3. The van der Waals surface area contributed by atoms with Crippen molar-refractivity contribution in [1.29, 1.82) is 0 Å². The van der Waals surface area contributed by atoms with Crippen LogP contribution in [0.4, 0.5) is 11.4 Å². The van der Waals surface area contributed by atoms with Crippen molar-refractivity contribution in [2.75, 3.05) is 30.4 Å². The van der Waals surface area contributed by atoms with Crippen LogP contribution in [-0.2, 0) is 9.53 Å². The third-order valence-corrected chi connectivity index (χ3v) is 5.61. The molecule has 1 fully saturated rings. The summed E-state index contributed by atoms with van der Waals surface area (Å²) in [6, 6.07) is 11.4. The zero-order valence-electron chi connectivity index (χ0n) is 15.6. The first-order valence-electron chi connectivity index (χ1n) is 9.00. The number of benzene rings is 2. The van der Waals surface area contributed by atoms with Crippen molar-refractivity contribution in [3.8, 4) is 11.1 Å². The number of aliphatic hydroxyl groups is 2. The molecule has 0 aromatic heterocycles. The second-order valence-corrected chi connectivity index (χ2v) is 7.49. The van der Waals surface area contributed by atoms with E-state index in [1.54, 1.807) is 13.2 Å². The van der Waals surface area contributed by atoms with Crippen molar-refractivity contribution in [2.24, 2.45) is 0 Å². The van der Waals surface area contributed by atoms with Crippen molar-refractivity contribution < 1.29 is 19.7 Å². The molecule has 1 saturated heterocycles. The maximum absolute atomic E-state index is 12.1. The van der Waals surface area contributed by atoms with Gasteiger partial charge in [-0.25, -0.2) is 0 Å². The number of ether oxygens (including phenoxy) is 1. The van der Waals surface area contributed by atoms with E-state index in [0.29, 0.717) is 29.4 Å². The SMILES string of the molecule is CO[C@H]1CN(c2ccc(-c3cc4c(cc3Cl)NC(=O)/C4=C(\C)O)cc2)C[C@@H]1O. The van der Waals surface area contributed by atoms with Gasteiger partial charge in [-0.15, -0.1) is 0 Å². The van der Waals surface area contributed by atoms with Crippen molar-refractivity contribution in [1.82, 2.24) is 0 Å². The molecule has 0 bridgehead atoms. The average molecular weight is 401 g/mol. The molecule has 0 radical (unpaired) electrons. The Morgan fingerprint density at radius 2 is 1.93 bits per heavy atom. The molecule has 0 aliphatic carbocycles. The van der Waals surface area contributed by atoms with Gasteiger partial charge in [-0.3, -0.25) is 4.79 Å². The first-order chi connectivity index (χ1) is 13.4. The average Bonchev–Trinajstić information content (AvgIpc) is 3.19. The van der Waals surface area contributed by atoms with Gasteiger partial charge in [0, 0.05) is 37.0 Å². The maximum Gasteiger partial charge on any atom is 0.259 e. The zero-order chi connectivity index (χ0) is 20.0. The Kier molecular flexibility index (Phi) is 4.79. The summed E-state index contributed by atoms with van der Waals surface area (Å²) in [5, 5.41) is 23.1. The number of hydrogen-bond acceptors (Lipinski definition) is 5. The number of anilines is 2. The Labute approximate surface area is 168 Å². The molecule has 2 aromatic rings. The van der Waals surface area contributed by atoms with Gasteiger partial charge in [-0.2, -0.15) is 0 Å². The molecule has 2 heterocycles. The number of nitrogens with one attached hydrogen (secondary N) is 1. The Bertz CT molecular complexity index is 967. The highest BCUT2D eigenvalue weighted by Gasteiger charge is 2.31. The summed E-state index contributed by atoms with van der Waals surface area (Å²) >= 11 is 6.45. The molecular formula is C21H21ClN2O4. The fourth-order valence-corrected chi connectivity index (χ4v) is 4.09. The molecule has 6 nitrogen and oxygen atoms in total. The third kappa shape index (κ3) is 3.13. The van der Waals surface area contributed by atoms with Crippen molar-refractivity contribution in [3.05, 3.63) is 52.7 Å². The van der Waals surface area contributed by atoms with Gasteiger partial charge in [0.1, 0.15) is 11.9 Å². The number of allylic oxidation sites excluding steroid dienone is 1. The summed E-state index contributed by atoms with van der Waals surface area (Å²) in [5.74, 6) is -0.362. The Morgan fingerprint density at radius 3 is 2.54 bits per heavy atom. The van der Waals surface area contributed by atoms with Crippen molar-refractivity contribution in [2.45, 2.75) is 19.1 Å². The van der Waals surface area contributed by atoms with Crippen LogP contribution in [0.2, 0.25) is 5.02 Å². The van der Waals surface area contributed by atoms with Crippen LogP contribution in [0.1, 0.15) is 12.5 Å². The van der Waals surface area contributed by atoms with E-state index in [9.17, 15) is 15.0 Å². The molecule has 1 amide bonds. The van der Waals surface area contributed by atoms with Gasteiger partial charge in [-0.1, -0.05) is 23.7 Å². The van der Waals surface area contributed by atoms with E-state index < -0.39 is 6.10 Å². The van der Waals surface area contributed by atoms with Gasteiger partial charge in [0.25, 0.3) is 5.91 Å². The van der Waals surface area contributed by atoms with Crippen LogP contribution in [-0.4, -0.2) is 48.5 Å². The number of hydrogen-bond donors (Lipinski definition) is 3. The Morgan fingerprint density at radius 1 is 1.21 bits per heavy atom. The number of halogens is 1. The predicted octanol–water partition coefficient (Wildman–Crippen LogP) is 3.44. The number of fused-ring (bicyclic) bond motifs is 1. The number of methoxy groups -OCH3 is 1. The second kappa shape index (κ2) is 7.13. The molecule has 3 N–H and O–H groups in total. The largest absolute Gasteiger partial charge is 0.512 e. The molecule has 146 valence electrons. The van der Waals surface area contributed by atoms with Gasteiger partial charge in [0.2, 0.25) is 0 Å². The van der Waals surface area contributed by atoms with Crippen LogP contribution in [0.5, 0.6) is 0 Å². The summed E-state index contributed by atoms with van der Waals surface area (Å²) in [7, 11) is 1.60. The first kappa shape index (κ1) is 18.8. The molecule has 2 atom stereocenters. The zero-order valence-corrected chi connectivity index (χ0v) is 16.3. The van der Waals surface area contributed by atoms with Crippen molar-refractivity contribution in [3.63, 3.8) is 0 Å². The summed E-state index contributed by atoms with van der Waals surface area (Å²) in [4.78, 5) is 14.2. The number of nitrogens with zero attached hydrogens (tertiary/aromatic N) is 1. The predicted molar refractivity (Wildman–Crippen MR) is 110 cm³/mol. The normalized spacial score (nSPS) is 23.0. The van der Waals surface area contributed by atoms with E-state index in [1.165, 1.54) is 6.92 Å². The quantitative estimate of drug-likeness (QED) is 0.543. The second-order valence-electron chi connectivity index (χ2n) is 7.09. The lowest BCUT2D eigenvalue weighted by Crippen LogP contribution is -2.25. The van der Waals surface area contributed by atoms with E-state index >= 15 is 0 Å². The molecule has 7 heteroatoms. The molecule has 0 spiro atoms. The summed E-state index contributed by atoms with van der Waals surface area (Å²) < 4.78 is 5.30. The van der Waals surface area contributed by atoms with E-state index in [0.717, 1.165) is 16.8 Å². The summed E-state index contributed by atoms with van der Waals surface area (Å²) in [6.07, 6.45) is -0.699. The van der Waals surface area contributed by atoms with Gasteiger partial charge >= 0.3 is 0 Å². The van der Waals surface area contributed by atoms with E-state index in [-0.39, 0.29) is 23.3 Å². The van der Waals surface area contributed by atoms with Crippen LogP contribution in [0, 0.1) is 0 Å². The Hall–Kier alpha value is -2.54. The minimum atomic E-state index is -0.507. The van der Waals surface area contributed by atoms with Crippen molar-refractivity contribution >= 4 is 34.5 Å². The highest BCUT2D eigenvalue weighted by molar-refractivity contribution is 6.36. The van der Waals surface area contributed by atoms with Gasteiger partial charge in [0.15, 0.2) is 0 Å². The van der Waals surface area contributed by atoms with E-state index in [2.05, 4.69) is 10.2 Å². The number of β-amino-alcohol motifs (C(OH)–C–C–N with tert-alkyl or cyclic N) is 1. The minimum Gasteiger partial charge on any atom is -0.512 e. The highest BCUT2D eigenvalue weighted by atomic mass is 35.5. The minimum absolute atomic E-state index is 0.0276. The van der Waals surface area contributed by atoms with Crippen LogP contribution in [0.3, 0.4) is 0 Å². The number of carbonyl (C=O) groups excluding carboxylic acids is 1. The summed E-state index contributed by atoms with van der Waals surface area (Å²) in [6.45, 7) is 2.65. The first-order valence-corrected chi connectivity index (χ1v) is 9.38. The number of amides is 1. The lowest BCUT2D eigenvalue weighted by Gasteiger charge is -2.18. The molecular weight excluding hydrogens is 380 g/mol. The van der Waals surface area contributed by atoms with Crippen LogP contribution < -0.4 is 10.2 Å². The Balaban J connectivity index is 1.66. The lowest BCUT2D eigenvalue weighted by molar-refractivity contribution is -0.110. The monoisotopic (exact) mass is 400 g/mol. The van der Waals surface area contributed by atoms with E-state index in [1.807, 2.05) is 30.3 Å². The van der Waals surface area contributed by atoms with Crippen LogP contribution in [0.25, 0.3) is 16.7 Å². The molecule has 2 aromatic carbocycles. The fourth-order valence-electron chi connectivity index (χ4n) is 3.82. The summed E-state index contributed by atoms with van der Waals surface area (Å²) in [5.41, 5.74) is 4.16. The number of aliphatic hydroxyl groups excluding tert-OH is 2. The molecule has 4 rings (SSSR count).